The summed E-state index contributed by atoms with van der Waals surface area (Å²) in [6.07, 6.45) is -3.05. The summed E-state index contributed by atoms with van der Waals surface area (Å²) in [6.45, 7) is 3.02. The van der Waals surface area contributed by atoms with Gasteiger partial charge < -0.3 is 32.3 Å². The molecule has 0 radical (unpaired) electrons. The number of ether oxygens (including phenoxy) is 1. The molecule has 1 saturated heterocycles. The van der Waals surface area contributed by atoms with Crippen molar-refractivity contribution in [3.8, 4) is 11.8 Å². The Labute approximate surface area is 142 Å². The summed E-state index contributed by atoms with van der Waals surface area (Å²) in [5, 5.41) is 20.4. The minimum absolute atomic E-state index is 0.0397. The second-order valence-corrected chi connectivity index (χ2v) is 5.92. The van der Waals surface area contributed by atoms with Crippen LogP contribution in [0.3, 0.4) is 0 Å². The summed E-state index contributed by atoms with van der Waals surface area (Å²) in [5.41, 5.74) is 9.78. The van der Waals surface area contributed by atoms with E-state index in [0.29, 0.717) is 4.68 Å². The number of anilines is 1. The molecule has 0 aromatic carbocycles. The van der Waals surface area contributed by atoms with Gasteiger partial charge in [0, 0.05) is 0 Å². The molecule has 2 aromatic heterocycles. The first kappa shape index (κ1) is 17.2. The summed E-state index contributed by atoms with van der Waals surface area (Å²) in [7, 11) is 0. The van der Waals surface area contributed by atoms with E-state index in [0.717, 1.165) is 0 Å². The lowest BCUT2D eigenvalue weighted by atomic mass is 9.90. The van der Waals surface area contributed by atoms with Crippen molar-refractivity contribution < 1.29 is 14.9 Å². The van der Waals surface area contributed by atoms with E-state index in [1.54, 1.807) is 6.92 Å². The number of hydrogen-bond donors (Lipinski definition) is 5. The second-order valence-electron chi connectivity index (χ2n) is 5.92. The van der Waals surface area contributed by atoms with Gasteiger partial charge in [-0.25, -0.2) is 4.98 Å². The van der Waals surface area contributed by atoms with E-state index in [-0.39, 0.29) is 17.1 Å². The van der Waals surface area contributed by atoms with Crippen LogP contribution < -0.4 is 22.9 Å². The molecular weight excluding hydrogens is 330 g/mol. The Bertz CT molecular complexity index is 940. The monoisotopic (exact) mass is 349 g/mol. The molecule has 1 fully saturated rings. The number of rotatable bonds is 2. The zero-order valence-electron chi connectivity index (χ0n) is 13.6. The van der Waals surface area contributed by atoms with Crippen molar-refractivity contribution in [1.29, 1.82) is 0 Å². The lowest BCUT2D eigenvalue weighted by molar-refractivity contribution is -0.0756. The fourth-order valence-electron chi connectivity index (χ4n) is 2.95. The predicted molar refractivity (Wildman–Crippen MR) is 88.3 cm³/mol. The SMILES string of the molecule is CC#C[C@@]1(N)C(O)[C@@H]([C@H](C)O)O[C@H]1n1cnc2c(=O)n(N)c(N)nc21. The standard InChI is InChI=1S/C14H19N7O4/c1-3-4-14(16)9(23)8(6(2)22)25-12(14)20-5-18-7-10(20)19-13(15)21(17)11(7)24/h5-6,8-9,12,22-23H,16-17H2,1-2H3,(H2,15,19)/t6-,8+,9?,12+,14+/m0/s1. The Morgan fingerprint density at radius 2 is 2.20 bits per heavy atom. The number of hydrogen-bond acceptors (Lipinski definition) is 9. The van der Waals surface area contributed by atoms with E-state index in [1.165, 1.54) is 17.8 Å². The second kappa shape index (κ2) is 5.71. The van der Waals surface area contributed by atoms with E-state index >= 15 is 0 Å². The molecule has 2 aromatic rings. The topological polar surface area (TPSA) is 180 Å². The smallest absolute Gasteiger partial charge is 0.301 e. The van der Waals surface area contributed by atoms with Crippen molar-refractivity contribution in [3.63, 3.8) is 0 Å². The fraction of sp³-hybridized carbons (Fsp3) is 0.500. The van der Waals surface area contributed by atoms with Crippen molar-refractivity contribution in [2.45, 2.75) is 43.9 Å². The van der Waals surface area contributed by atoms with Crippen LogP contribution >= 0.6 is 0 Å². The molecule has 3 heterocycles. The number of aromatic nitrogens is 4. The van der Waals surface area contributed by atoms with Crippen LogP contribution in [0, 0.1) is 11.8 Å². The summed E-state index contributed by atoms with van der Waals surface area (Å²) in [6, 6.07) is 0. The Balaban J connectivity index is 2.22. The third-order valence-corrected chi connectivity index (χ3v) is 4.22. The van der Waals surface area contributed by atoms with Crippen molar-refractivity contribution in [2.24, 2.45) is 5.73 Å². The first-order chi connectivity index (χ1) is 11.7. The van der Waals surface area contributed by atoms with Gasteiger partial charge in [0.1, 0.15) is 12.2 Å². The van der Waals surface area contributed by atoms with Crippen LogP contribution in [0.2, 0.25) is 0 Å². The van der Waals surface area contributed by atoms with Crippen LogP contribution in [0.15, 0.2) is 11.1 Å². The number of nitrogens with zero attached hydrogens (tertiary/aromatic N) is 4. The van der Waals surface area contributed by atoms with Crippen molar-refractivity contribution in [3.05, 3.63) is 16.7 Å². The summed E-state index contributed by atoms with van der Waals surface area (Å²) >= 11 is 0. The van der Waals surface area contributed by atoms with E-state index in [2.05, 4.69) is 21.8 Å². The summed E-state index contributed by atoms with van der Waals surface area (Å²) in [5.74, 6) is 10.7. The molecule has 11 nitrogen and oxygen atoms in total. The normalized spacial score (nSPS) is 30.2. The summed E-state index contributed by atoms with van der Waals surface area (Å²) < 4.78 is 7.76. The molecule has 1 aliphatic rings. The van der Waals surface area contributed by atoms with E-state index in [4.69, 9.17) is 22.0 Å². The number of fused-ring (bicyclic) bond motifs is 1. The molecule has 0 aliphatic carbocycles. The molecule has 1 aliphatic heterocycles. The van der Waals surface area contributed by atoms with E-state index in [1.807, 2.05) is 0 Å². The van der Waals surface area contributed by atoms with Crippen LogP contribution in [0.1, 0.15) is 20.1 Å². The highest BCUT2D eigenvalue weighted by Gasteiger charge is 2.55. The van der Waals surface area contributed by atoms with Gasteiger partial charge in [0.15, 0.2) is 22.9 Å². The van der Waals surface area contributed by atoms with Gasteiger partial charge in [-0.15, -0.1) is 5.92 Å². The quantitative estimate of drug-likeness (QED) is 0.283. The fourth-order valence-corrected chi connectivity index (χ4v) is 2.95. The molecule has 134 valence electrons. The van der Waals surface area contributed by atoms with Crippen molar-refractivity contribution >= 4 is 17.1 Å². The summed E-state index contributed by atoms with van der Waals surface area (Å²) in [4.78, 5) is 20.2. The average Bonchev–Trinajstić information content (AvgIpc) is 3.06. The van der Waals surface area contributed by atoms with Gasteiger partial charge in [0.05, 0.1) is 12.4 Å². The third-order valence-electron chi connectivity index (χ3n) is 4.22. The van der Waals surface area contributed by atoms with Gasteiger partial charge in [-0.05, 0) is 13.8 Å². The number of aliphatic hydroxyl groups excluding tert-OH is 2. The first-order valence-corrected chi connectivity index (χ1v) is 7.47. The maximum atomic E-state index is 12.2. The van der Waals surface area contributed by atoms with Crippen LogP contribution in [0.25, 0.3) is 11.2 Å². The van der Waals surface area contributed by atoms with Gasteiger partial charge >= 0.3 is 5.56 Å². The van der Waals surface area contributed by atoms with Gasteiger partial charge in [0.25, 0.3) is 0 Å². The molecule has 11 heteroatoms. The highest BCUT2D eigenvalue weighted by molar-refractivity contribution is 5.71. The predicted octanol–water partition coefficient (Wildman–Crippen LogP) is -2.75. The Kier molecular flexibility index (Phi) is 3.92. The minimum atomic E-state index is -1.56. The zero-order chi connectivity index (χ0) is 18.5. The van der Waals surface area contributed by atoms with Gasteiger partial charge in [-0.1, -0.05) is 5.92 Å². The molecule has 5 atom stereocenters. The Morgan fingerprint density at radius 1 is 1.52 bits per heavy atom. The van der Waals surface area contributed by atoms with Gasteiger partial charge in [0.2, 0.25) is 5.95 Å². The highest BCUT2D eigenvalue weighted by Crippen LogP contribution is 2.38. The average molecular weight is 349 g/mol. The maximum absolute atomic E-state index is 12.2. The molecule has 0 amide bonds. The number of imidazole rings is 1. The molecule has 8 N–H and O–H groups in total. The number of nitrogens with two attached hydrogens (primary N) is 3. The highest BCUT2D eigenvalue weighted by atomic mass is 16.5. The molecule has 1 unspecified atom stereocenters. The van der Waals surface area contributed by atoms with E-state index < -0.39 is 35.6 Å². The first-order valence-electron chi connectivity index (χ1n) is 7.47. The molecular formula is C14H19N7O4. The largest absolute Gasteiger partial charge is 0.391 e. The molecule has 0 spiro atoms. The molecule has 3 rings (SSSR count). The Hall–Kier alpha value is -2.65. The van der Waals surface area contributed by atoms with Crippen LogP contribution in [-0.4, -0.2) is 53.3 Å². The van der Waals surface area contributed by atoms with Crippen LogP contribution in [0.4, 0.5) is 5.95 Å². The Morgan fingerprint density at radius 3 is 2.80 bits per heavy atom. The van der Waals surface area contributed by atoms with Crippen LogP contribution in [-0.2, 0) is 4.74 Å². The van der Waals surface area contributed by atoms with Gasteiger partial charge in [-0.2, -0.15) is 9.66 Å². The number of nitrogen functional groups attached to an aromatic ring is 2. The van der Waals surface area contributed by atoms with Gasteiger partial charge in [-0.3, -0.25) is 9.36 Å². The lowest BCUT2D eigenvalue weighted by Gasteiger charge is -2.27. The number of aliphatic hydroxyl groups is 2. The third kappa shape index (κ3) is 2.35. The molecule has 0 saturated carbocycles. The van der Waals surface area contributed by atoms with Crippen molar-refractivity contribution in [2.75, 3.05) is 11.6 Å². The lowest BCUT2D eigenvalue weighted by Crippen LogP contribution is -2.54. The maximum Gasteiger partial charge on any atom is 0.301 e. The minimum Gasteiger partial charge on any atom is -0.391 e. The molecule has 0 bridgehead atoms. The van der Waals surface area contributed by atoms with Crippen molar-refractivity contribution in [1.82, 2.24) is 19.2 Å². The van der Waals surface area contributed by atoms with Crippen LogP contribution in [0.5, 0.6) is 0 Å². The van der Waals surface area contributed by atoms with E-state index in [9.17, 15) is 15.0 Å². The zero-order valence-corrected chi connectivity index (χ0v) is 13.6. The molecule has 25 heavy (non-hydrogen) atoms.